The summed E-state index contributed by atoms with van der Waals surface area (Å²) in [5.41, 5.74) is 17.2. The summed E-state index contributed by atoms with van der Waals surface area (Å²) in [5.74, 6) is -0.695. The van der Waals surface area contributed by atoms with Gasteiger partial charge in [-0.25, -0.2) is 9.59 Å². The third-order valence-electron chi connectivity index (χ3n) is 4.13. The Morgan fingerprint density at radius 2 is 1.59 bits per heavy atom. The van der Waals surface area contributed by atoms with Crippen molar-refractivity contribution in [2.75, 3.05) is 26.3 Å². The summed E-state index contributed by atoms with van der Waals surface area (Å²) in [6.07, 6.45) is 9.00. The van der Waals surface area contributed by atoms with E-state index in [2.05, 4.69) is 20.1 Å². The SMILES string of the molecule is [N-]=[N+]=NCCOC(=O)C1=CC(O)CCC1.[N-]=[N+]=NCCOC(=O)C1=CCCCC1. The van der Waals surface area contributed by atoms with E-state index in [9.17, 15) is 14.7 Å². The average Bonchev–Trinajstić information content (AvgIpc) is 2.75. The monoisotopic (exact) mass is 406 g/mol. The van der Waals surface area contributed by atoms with Crippen molar-refractivity contribution in [2.45, 2.75) is 51.0 Å². The van der Waals surface area contributed by atoms with Crippen molar-refractivity contribution in [1.29, 1.82) is 0 Å². The van der Waals surface area contributed by atoms with E-state index in [0.29, 0.717) is 18.4 Å². The highest BCUT2D eigenvalue weighted by Crippen LogP contribution is 2.19. The quantitative estimate of drug-likeness (QED) is 0.213. The van der Waals surface area contributed by atoms with Crippen LogP contribution in [0.15, 0.2) is 33.5 Å². The van der Waals surface area contributed by atoms with Crippen molar-refractivity contribution in [1.82, 2.24) is 0 Å². The maximum absolute atomic E-state index is 11.4. The zero-order valence-corrected chi connectivity index (χ0v) is 16.3. The highest BCUT2D eigenvalue weighted by molar-refractivity contribution is 5.89. The van der Waals surface area contributed by atoms with Crippen LogP contribution in [-0.4, -0.2) is 49.5 Å². The Kier molecular flexibility index (Phi) is 12.4. The molecule has 0 aromatic heterocycles. The maximum Gasteiger partial charge on any atom is 0.333 e. The number of hydrogen-bond acceptors (Lipinski definition) is 7. The van der Waals surface area contributed by atoms with Gasteiger partial charge < -0.3 is 14.6 Å². The van der Waals surface area contributed by atoms with Crippen molar-refractivity contribution in [3.05, 3.63) is 44.2 Å². The summed E-state index contributed by atoms with van der Waals surface area (Å²) in [4.78, 5) is 27.8. The zero-order chi connectivity index (χ0) is 21.3. The van der Waals surface area contributed by atoms with Gasteiger partial charge in [0.15, 0.2) is 0 Å². The highest BCUT2D eigenvalue weighted by atomic mass is 16.5. The molecule has 0 amide bonds. The summed E-state index contributed by atoms with van der Waals surface area (Å²) < 4.78 is 9.76. The first-order valence-electron chi connectivity index (χ1n) is 9.52. The lowest BCUT2D eigenvalue weighted by Gasteiger charge is -2.15. The molecule has 0 bridgehead atoms. The van der Waals surface area contributed by atoms with Crippen LogP contribution in [0.2, 0.25) is 0 Å². The fourth-order valence-electron chi connectivity index (χ4n) is 2.73. The number of azide groups is 2. The highest BCUT2D eigenvalue weighted by Gasteiger charge is 2.17. The van der Waals surface area contributed by atoms with Gasteiger partial charge in [-0.05, 0) is 62.1 Å². The van der Waals surface area contributed by atoms with Crippen LogP contribution in [0.4, 0.5) is 0 Å². The van der Waals surface area contributed by atoms with E-state index in [-0.39, 0.29) is 32.3 Å². The summed E-state index contributed by atoms with van der Waals surface area (Å²) >= 11 is 0. The van der Waals surface area contributed by atoms with E-state index in [1.54, 1.807) is 0 Å². The summed E-state index contributed by atoms with van der Waals surface area (Å²) in [7, 11) is 0. The zero-order valence-electron chi connectivity index (χ0n) is 16.3. The molecule has 0 spiro atoms. The van der Waals surface area contributed by atoms with Crippen molar-refractivity contribution in [2.24, 2.45) is 10.2 Å². The van der Waals surface area contributed by atoms with Gasteiger partial charge >= 0.3 is 11.9 Å². The molecule has 0 aromatic rings. The molecular weight excluding hydrogens is 380 g/mol. The van der Waals surface area contributed by atoms with Gasteiger partial charge in [-0.1, -0.05) is 16.3 Å². The van der Waals surface area contributed by atoms with Crippen molar-refractivity contribution >= 4 is 11.9 Å². The Bertz CT molecular complexity index is 708. The van der Waals surface area contributed by atoms with Gasteiger partial charge in [0.1, 0.15) is 0 Å². The van der Waals surface area contributed by atoms with Crippen LogP contribution < -0.4 is 0 Å². The molecular formula is C18H26N6O5. The summed E-state index contributed by atoms with van der Waals surface area (Å²) in [5, 5.41) is 15.8. The molecule has 158 valence electrons. The number of carbonyl (C=O) groups is 2. The average molecular weight is 406 g/mol. The molecule has 0 aliphatic heterocycles. The number of allylic oxidation sites excluding steroid dienone is 1. The van der Waals surface area contributed by atoms with E-state index >= 15 is 0 Å². The van der Waals surface area contributed by atoms with Crippen LogP contribution in [0, 0.1) is 0 Å². The topological polar surface area (TPSA) is 170 Å². The Hall–Kier alpha value is -3.00. The molecule has 0 fully saturated rings. The van der Waals surface area contributed by atoms with E-state index in [1.807, 2.05) is 6.08 Å². The molecule has 11 nitrogen and oxygen atoms in total. The second-order valence-corrected chi connectivity index (χ2v) is 6.31. The Morgan fingerprint density at radius 3 is 2.10 bits per heavy atom. The maximum atomic E-state index is 11.4. The first-order valence-corrected chi connectivity index (χ1v) is 9.52. The summed E-state index contributed by atoms with van der Waals surface area (Å²) in [6.45, 7) is 0.587. The van der Waals surface area contributed by atoms with Gasteiger partial charge in [0.05, 0.1) is 32.4 Å². The van der Waals surface area contributed by atoms with Crippen molar-refractivity contribution in [3.63, 3.8) is 0 Å². The fourth-order valence-corrected chi connectivity index (χ4v) is 2.73. The molecule has 0 saturated carbocycles. The molecule has 2 rings (SSSR count). The second-order valence-electron chi connectivity index (χ2n) is 6.31. The third kappa shape index (κ3) is 10.8. The van der Waals surface area contributed by atoms with Gasteiger partial charge in [-0.3, -0.25) is 0 Å². The molecule has 0 saturated heterocycles. The molecule has 1 atom stereocenters. The standard InChI is InChI=1S/C9H13N3O3.C9H13N3O2/c10-12-11-4-5-15-9(14)7-2-1-3-8(13)6-7;10-12-11-6-7-14-9(13)8-4-2-1-3-5-8/h6,8,13H,1-5H2;4H,1-3,5-7H2. The van der Waals surface area contributed by atoms with Gasteiger partial charge in [0.25, 0.3) is 0 Å². The smallest absolute Gasteiger partial charge is 0.333 e. The number of carbonyl (C=O) groups excluding carboxylic acids is 2. The predicted molar refractivity (Wildman–Crippen MR) is 104 cm³/mol. The van der Waals surface area contributed by atoms with Gasteiger partial charge in [-0.2, -0.15) is 0 Å². The first-order chi connectivity index (χ1) is 14.1. The van der Waals surface area contributed by atoms with E-state index in [0.717, 1.165) is 37.7 Å². The molecule has 2 aliphatic rings. The number of ether oxygens (including phenoxy) is 2. The molecule has 0 heterocycles. The van der Waals surface area contributed by atoms with Crippen LogP contribution in [0.3, 0.4) is 0 Å². The Morgan fingerprint density at radius 1 is 1.00 bits per heavy atom. The largest absolute Gasteiger partial charge is 0.462 e. The van der Waals surface area contributed by atoms with Crippen molar-refractivity contribution < 1.29 is 24.2 Å². The first kappa shape index (κ1) is 24.0. The number of aliphatic hydroxyl groups excluding tert-OH is 1. The number of rotatable bonds is 8. The third-order valence-corrected chi connectivity index (χ3v) is 4.13. The number of esters is 2. The van der Waals surface area contributed by atoms with Gasteiger partial charge in [-0.15, -0.1) is 0 Å². The van der Waals surface area contributed by atoms with Crippen LogP contribution in [0.5, 0.6) is 0 Å². The van der Waals surface area contributed by atoms with Gasteiger partial charge in [0, 0.05) is 21.0 Å². The normalized spacial score (nSPS) is 17.8. The Labute approximate surface area is 168 Å². The molecule has 0 aromatic carbocycles. The van der Waals surface area contributed by atoms with Crippen LogP contribution in [-0.2, 0) is 19.1 Å². The van der Waals surface area contributed by atoms with Crippen LogP contribution in [0.1, 0.15) is 44.9 Å². The fraction of sp³-hybridized carbons (Fsp3) is 0.667. The minimum absolute atomic E-state index is 0.0797. The minimum atomic E-state index is -0.543. The van der Waals surface area contributed by atoms with E-state index in [1.165, 1.54) is 6.08 Å². The number of aliphatic hydroxyl groups is 1. The molecule has 0 radical (unpaired) electrons. The molecule has 11 heteroatoms. The molecule has 1 unspecified atom stereocenters. The lowest BCUT2D eigenvalue weighted by Crippen LogP contribution is -2.17. The Balaban J connectivity index is 0.000000291. The molecule has 29 heavy (non-hydrogen) atoms. The second kappa shape index (κ2) is 15.0. The molecule has 2 aliphatic carbocycles. The lowest BCUT2D eigenvalue weighted by atomic mass is 9.98. The lowest BCUT2D eigenvalue weighted by molar-refractivity contribution is -0.139. The minimum Gasteiger partial charge on any atom is -0.462 e. The predicted octanol–water partition coefficient (Wildman–Crippen LogP) is 3.65. The van der Waals surface area contributed by atoms with E-state index < -0.39 is 12.1 Å². The van der Waals surface area contributed by atoms with Crippen LogP contribution >= 0.6 is 0 Å². The molecule has 1 N–H and O–H groups in total. The number of nitrogens with zero attached hydrogens (tertiary/aromatic N) is 6. The summed E-state index contributed by atoms with van der Waals surface area (Å²) in [6, 6.07) is 0. The van der Waals surface area contributed by atoms with E-state index in [4.69, 9.17) is 20.5 Å². The van der Waals surface area contributed by atoms with Crippen LogP contribution in [0.25, 0.3) is 20.9 Å². The van der Waals surface area contributed by atoms with Crippen molar-refractivity contribution in [3.8, 4) is 0 Å². The number of hydrogen-bond donors (Lipinski definition) is 1. The van der Waals surface area contributed by atoms with Gasteiger partial charge in [0.2, 0.25) is 0 Å².